The van der Waals surface area contributed by atoms with Gasteiger partial charge < -0.3 is 4.90 Å². The molecule has 1 heterocycles. The van der Waals surface area contributed by atoms with Crippen molar-refractivity contribution in [3.05, 3.63) is 106 Å². The molecule has 0 aliphatic carbocycles. The quantitative estimate of drug-likeness (QED) is 0.255. The first-order valence-corrected chi connectivity index (χ1v) is 12.8. The molecule has 0 bridgehead atoms. The molecule has 186 valence electrons. The fourth-order valence-electron chi connectivity index (χ4n) is 4.42. The number of aromatic nitrogens is 2. The Morgan fingerprint density at radius 3 is 2.28 bits per heavy atom. The maximum Gasteiger partial charge on any atom is 0.266 e. The smallest absolute Gasteiger partial charge is 0.266 e. The lowest BCUT2D eigenvalue weighted by Crippen LogP contribution is -2.40. The number of para-hydroxylation sites is 2. The van der Waals surface area contributed by atoms with Crippen LogP contribution in [0.15, 0.2) is 83.7 Å². The van der Waals surface area contributed by atoms with Crippen molar-refractivity contribution in [3.8, 4) is 5.69 Å². The molecule has 0 N–H and O–H groups in total. The summed E-state index contributed by atoms with van der Waals surface area (Å²) in [4.78, 5) is 34.3. The lowest BCUT2D eigenvalue weighted by Gasteiger charge is -2.32. The molecule has 0 saturated heterocycles. The minimum atomic E-state index is -0.833. The van der Waals surface area contributed by atoms with Crippen molar-refractivity contribution >= 4 is 28.4 Å². The molecule has 5 nitrogen and oxygen atoms in total. The molecule has 0 aliphatic heterocycles. The second-order valence-corrected chi connectivity index (χ2v) is 10.0. The highest BCUT2D eigenvalue weighted by Crippen LogP contribution is 2.30. The molecule has 6 heteroatoms. The summed E-state index contributed by atoms with van der Waals surface area (Å²) < 4.78 is 1.66. The van der Waals surface area contributed by atoms with Gasteiger partial charge in [-0.15, -0.1) is 11.6 Å². The summed E-state index contributed by atoms with van der Waals surface area (Å²) in [6.45, 7) is 8.65. The molecule has 4 rings (SSSR count). The monoisotopic (exact) mass is 501 g/mol. The molecule has 36 heavy (non-hydrogen) atoms. The van der Waals surface area contributed by atoms with Gasteiger partial charge in [0, 0.05) is 6.54 Å². The predicted molar refractivity (Wildman–Crippen MR) is 147 cm³/mol. The van der Waals surface area contributed by atoms with Gasteiger partial charge in [0.1, 0.15) is 11.2 Å². The van der Waals surface area contributed by atoms with E-state index in [1.165, 1.54) is 0 Å². The number of hydrogen-bond acceptors (Lipinski definition) is 3. The van der Waals surface area contributed by atoms with Crippen LogP contribution in [0.2, 0.25) is 0 Å². The molecule has 1 amide bonds. The van der Waals surface area contributed by atoms with E-state index in [9.17, 15) is 9.59 Å². The number of carbonyl (C=O) groups is 1. The maximum absolute atomic E-state index is 13.8. The van der Waals surface area contributed by atoms with Gasteiger partial charge in [0.05, 0.1) is 22.6 Å². The van der Waals surface area contributed by atoms with E-state index in [0.29, 0.717) is 29.2 Å². The highest BCUT2D eigenvalue weighted by atomic mass is 35.5. The molecular weight excluding hydrogens is 470 g/mol. The lowest BCUT2D eigenvalue weighted by atomic mass is 10.1. The number of carbonyl (C=O) groups excluding carboxylic acids is 1. The number of fused-ring (bicyclic) bond motifs is 1. The largest absolute Gasteiger partial charge is 0.331 e. The van der Waals surface area contributed by atoms with Gasteiger partial charge in [-0.2, -0.15) is 0 Å². The fraction of sp³-hybridized carbons (Fsp3) is 0.300. The number of alkyl halides is 1. The predicted octanol–water partition coefficient (Wildman–Crippen LogP) is 6.61. The van der Waals surface area contributed by atoms with E-state index in [1.807, 2.05) is 86.6 Å². The first-order chi connectivity index (χ1) is 17.3. The first kappa shape index (κ1) is 25.6. The van der Waals surface area contributed by atoms with Gasteiger partial charge in [-0.25, -0.2) is 4.98 Å². The number of rotatable bonds is 8. The maximum atomic E-state index is 13.8. The summed E-state index contributed by atoms with van der Waals surface area (Å²) in [6, 6.07) is 24.0. The molecule has 1 aromatic heterocycles. The molecule has 0 spiro atoms. The highest BCUT2D eigenvalue weighted by molar-refractivity contribution is 6.30. The third-order valence-corrected chi connectivity index (χ3v) is 6.98. The topological polar surface area (TPSA) is 55.2 Å². The zero-order valence-electron chi connectivity index (χ0n) is 21.2. The molecule has 0 saturated carbocycles. The van der Waals surface area contributed by atoms with Gasteiger partial charge in [0.25, 0.3) is 5.56 Å². The van der Waals surface area contributed by atoms with Crippen molar-refractivity contribution in [2.45, 2.75) is 45.5 Å². The molecular formula is C30H32ClN3O2. The van der Waals surface area contributed by atoms with Gasteiger partial charge in [-0.05, 0) is 55.5 Å². The van der Waals surface area contributed by atoms with Crippen LogP contribution < -0.4 is 5.56 Å². The van der Waals surface area contributed by atoms with E-state index >= 15 is 0 Å². The second kappa shape index (κ2) is 11.1. The van der Waals surface area contributed by atoms with E-state index < -0.39 is 11.4 Å². The van der Waals surface area contributed by atoms with Gasteiger partial charge in [0.15, 0.2) is 0 Å². The third-order valence-electron chi connectivity index (χ3n) is 6.54. The number of amides is 1. The summed E-state index contributed by atoms with van der Waals surface area (Å²) in [5.41, 5.74) is 2.90. The van der Waals surface area contributed by atoms with Gasteiger partial charge >= 0.3 is 0 Å². The van der Waals surface area contributed by atoms with Crippen molar-refractivity contribution in [2.75, 3.05) is 6.54 Å². The van der Waals surface area contributed by atoms with Crippen LogP contribution in [-0.2, 0) is 4.79 Å². The average molecular weight is 502 g/mol. The second-order valence-electron chi connectivity index (χ2n) is 9.58. The van der Waals surface area contributed by atoms with E-state index in [0.717, 1.165) is 23.2 Å². The van der Waals surface area contributed by atoms with Crippen LogP contribution in [0.4, 0.5) is 0 Å². The van der Waals surface area contributed by atoms with Gasteiger partial charge in [-0.3, -0.25) is 14.2 Å². The van der Waals surface area contributed by atoms with Crippen molar-refractivity contribution in [2.24, 2.45) is 5.92 Å². The Balaban J connectivity index is 1.88. The Labute approximate surface area is 217 Å². The van der Waals surface area contributed by atoms with E-state index in [-0.39, 0.29) is 11.5 Å². The van der Waals surface area contributed by atoms with Gasteiger partial charge in [-0.1, -0.05) is 74.5 Å². The SMILES string of the molecule is Cc1ccccc1-n1c(C(C)N(CCC(C)C)C(=O)C(Cl)c2ccccc2)nc2ccccc2c1=O. The molecule has 0 aliphatic rings. The first-order valence-electron chi connectivity index (χ1n) is 12.4. The minimum absolute atomic E-state index is 0.154. The summed E-state index contributed by atoms with van der Waals surface area (Å²) in [6.07, 6.45) is 0.802. The van der Waals surface area contributed by atoms with E-state index in [2.05, 4.69) is 13.8 Å². The zero-order valence-corrected chi connectivity index (χ0v) is 21.9. The van der Waals surface area contributed by atoms with Crippen LogP contribution >= 0.6 is 11.6 Å². The Hall–Kier alpha value is -3.44. The van der Waals surface area contributed by atoms with Gasteiger partial charge in [0.2, 0.25) is 5.91 Å². The van der Waals surface area contributed by atoms with Crippen molar-refractivity contribution in [3.63, 3.8) is 0 Å². The fourth-order valence-corrected chi connectivity index (χ4v) is 4.69. The molecule has 0 radical (unpaired) electrons. The summed E-state index contributed by atoms with van der Waals surface area (Å²) >= 11 is 6.73. The molecule has 2 unspecified atom stereocenters. The number of benzene rings is 3. The van der Waals surface area contributed by atoms with Crippen LogP contribution in [0.3, 0.4) is 0 Å². The van der Waals surface area contributed by atoms with Crippen LogP contribution in [-0.4, -0.2) is 26.9 Å². The van der Waals surface area contributed by atoms with E-state index in [4.69, 9.17) is 16.6 Å². The van der Waals surface area contributed by atoms with Crippen molar-refractivity contribution < 1.29 is 4.79 Å². The lowest BCUT2D eigenvalue weighted by molar-refractivity contribution is -0.133. The summed E-state index contributed by atoms with van der Waals surface area (Å²) in [5.74, 6) is 0.706. The van der Waals surface area contributed by atoms with Crippen LogP contribution in [0.25, 0.3) is 16.6 Å². The minimum Gasteiger partial charge on any atom is -0.331 e. The molecule has 2 atom stereocenters. The summed E-state index contributed by atoms with van der Waals surface area (Å²) in [7, 11) is 0. The van der Waals surface area contributed by atoms with Crippen molar-refractivity contribution in [1.82, 2.24) is 14.5 Å². The highest BCUT2D eigenvalue weighted by Gasteiger charge is 2.31. The van der Waals surface area contributed by atoms with Crippen LogP contribution in [0, 0.1) is 12.8 Å². The summed E-state index contributed by atoms with van der Waals surface area (Å²) in [5, 5.41) is -0.295. The average Bonchev–Trinajstić information content (AvgIpc) is 2.89. The zero-order chi connectivity index (χ0) is 25.8. The number of aryl methyl sites for hydroxylation is 1. The van der Waals surface area contributed by atoms with Crippen molar-refractivity contribution in [1.29, 1.82) is 0 Å². The molecule has 3 aromatic carbocycles. The number of halogens is 1. The van der Waals surface area contributed by atoms with Crippen LogP contribution in [0.1, 0.15) is 55.6 Å². The molecule has 0 fully saturated rings. The standard InChI is InChI=1S/C30H32ClN3O2/c1-20(2)18-19-33(30(36)27(31)23-13-6-5-7-14-23)22(4)28-32-25-16-10-9-15-24(25)29(35)34(28)26-17-11-8-12-21(26)3/h5-17,20,22,27H,18-19H2,1-4H3. The van der Waals surface area contributed by atoms with E-state index in [1.54, 1.807) is 15.5 Å². The Morgan fingerprint density at radius 1 is 0.944 bits per heavy atom. The third kappa shape index (κ3) is 5.21. The van der Waals surface area contributed by atoms with Crippen LogP contribution in [0.5, 0.6) is 0 Å². The number of nitrogens with zero attached hydrogens (tertiary/aromatic N) is 3. The Morgan fingerprint density at radius 2 is 1.58 bits per heavy atom. The molecule has 4 aromatic rings. The Kier molecular flexibility index (Phi) is 7.90. The number of hydrogen-bond donors (Lipinski definition) is 0. The normalized spacial score (nSPS) is 13.1. The Bertz CT molecular complexity index is 1410.